The average molecular weight is 289 g/mol. The van der Waals surface area contributed by atoms with E-state index in [-0.39, 0.29) is 5.41 Å². The van der Waals surface area contributed by atoms with E-state index in [2.05, 4.69) is 30.3 Å². The molecule has 1 aromatic rings. The first-order valence-corrected chi connectivity index (χ1v) is 8.24. The summed E-state index contributed by atoms with van der Waals surface area (Å²) >= 11 is 0. The molecule has 21 heavy (non-hydrogen) atoms. The molecule has 0 amide bonds. The molecule has 0 spiro atoms. The summed E-state index contributed by atoms with van der Waals surface area (Å²) in [5.41, 5.74) is 6.76. The summed E-state index contributed by atoms with van der Waals surface area (Å²) in [5, 5.41) is 11.3. The Kier molecular flexibility index (Phi) is 4.34. The minimum absolute atomic E-state index is 0.132. The van der Waals surface area contributed by atoms with E-state index in [4.69, 9.17) is 10.5 Å². The number of aliphatic hydroxyl groups is 1. The Hall–Kier alpha value is -0.900. The monoisotopic (exact) mass is 289 g/mol. The van der Waals surface area contributed by atoms with E-state index in [0.29, 0.717) is 12.5 Å². The summed E-state index contributed by atoms with van der Waals surface area (Å²) in [6.07, 6.45) is 5.64. The Morgan fingerprint density at radius 3 is 2.24 bits per heavy atom. The van der Waals surface area contributed by atoms with Gasteiger partial charge in [-0.15, -0.1) is 0 Å². The normalized spacial score (nSPS) is 32.8. The van der Waals surface area contributed by atoms with Gasteiger partial charge in [0, 0.05) is 25.2 Å². The lowest BCUT2D eigenvalue weighted by Gasteiger charge is -2.52. The van der Waals surface area contributed by atoms with Crippen molar-refractivity contribution in [3.8, 4) is 0 Å². The van der Waals surface area contributed by atoms with Crippen LogP contribution in [0.15, 0.2) is 30.3 Å². The van der Waals surface area contributed by atoms with Crippen LogP contribution in [-0.4, -0.2) is 30.5 Å². The molecule has 1 aliphatic heterocycles. The average Bonchev–Trinajstić information content (AvgIpc) is 2.57. The van der Waals surface area contributed by atoms with Gasteiger partial charge in [0.05, 0.1) is 5.60 Å². The number of ether oxygens (including phenoxy) is 1. The first-order valence-electron chi connectivity index (χ1n) is 8.24. The van der Waals surface area contributed by atoms with Crippen molar-refractivity contribution in [3.05, 3.63) is 35.9 Å². The minimum Gasteiger partial charge on any atom is -0.389 e. The summed E-state index contributed by atoms with van der Waals surface area (Å²) < 4.78 is 5.49. The summed E-state index contributed by atoms with van der Waals surface area (Å²) in [5.74, 6) is 0.584. The lowest BCUT2D eigenvalue weighted by atomic mass is 9.59. The molecule has 1 aliphatic carbocycles. The van der Waals surface area contributed by atoms with E-state index in [9.17, 15) is 5.11 Å². The maximum Gasteiger partial charge on any atom is 0.0717 e. The van der Waals surface area contributed by atoms with Crippen LogP contribution in [-0.2, 0) is 4.74 Å². The van der Waals surface area contributed by atoms with Crippen LogP contribution in [0.25, 0.3) is 0 Å². The number of benzene rings is 1. The topological polar surface area (TPSA) is 55.5 Å². The highest BCUT2D eigenvalue weighted by Crippen LogP contribution is 2.50. The number of nitrogens with two attached hydrogens (primary N) is 1. The van der Waals surface area contributed by atoms with Crippen molar-refractivity contribution in [2.75, 3.05) is 19.8 Å². The van der Waals surface area contributed by atoms with Crippen LogP contribution in [0.2, 0.25) is 0 Å². The summed E-state index contributed by atoms with van der Waals surface area (Å²) in [6, 6.07) is 10.7. The maximum absolute atomic E-state index is 11.3. The molecule has 1 aromatic carbocycles. The van der Waals surface area contributed by atoms with E-state index in [1.165, 1.54) is 5.56 Å². The fourth-order valence-electron chi connectivity index (χ4n) is 4.31. The Morgan fingerprint density at radius 1 is 1.05 bits per heavy atom. The molecule has 0 radical (unpaired) electrons. The van der Waals surface area contributed by atoms with Gasteiger partial charge in [-0.3, -0.25) is 0 Å². The first-order chi connectivity index (χ1) is 10.2. The second-order valence-corrected chi connectivity index (χ2v) is 6.81. The predicted octanol–water partition coefficient (Wildman–Crippen LogP) is 2.83. The van der Waals surface area contributed by atoms with Gasteiger partial charge in [0.15, 0.2) is 0 Å². The molecule has 0 aromatic heterocycles. The highest BCUT2D eigenvalue weighted by Gasteiger charge is 2.51. The zero-order valence-corrected chi connectivity index (χ0v) is 12.8. The second-order valence-electron chi connectivity index (χ2n) is 6.81. The van der Waals surface area contributed by atoms with Crippen LogP contribution in [0.5, 0.6) is 0 Å². The van der Waals surface area contributed by atoms with E-state index in [0.717, 1.165) is 51.7 Å². The molecule has 3 heteroatoms. The van der Waals surface area contributed by atoms with Gasteiger partial charge in [0.1, 0.15) is 0 Å². The third-order valence-corrected chi connectivity index (χ3v) is 5.91. The van der Waals surface area contributed by atoms with Crippen molar-refractivity contribution in [1.29, 1.82) is 0 Å². The molecular formula is C18H27NO2. The van der Waals surface area contributed by atoms with Crippen molar-refractivity contribution in [1.82, 2.24) is 0 Å². The van der Waals surface area contributed by atoms with Crippen molar-refractivity contribution in [3.63, 3.8) is 0 Å². The van der Waals surface area contributed by atoms with Gasteiger partial charge in [-0.25, -0.2) is 0 Å². The van der Waals surface area contributed by atoms with Crippen LogP contribution in [0.3, 0.4) is 0 Å². The third kappa shape index (κ3) is 2.75. The smallest absolute Gasteiger partial charge is 0.0717 e. The van der Waals surface area contributed by atoms with E-state index >= 15 is 0 Å². The summed E-state index contributed by atoms with van der Waals surface area (Å²) in [6.45, 7) is 2.05. The van der Waals surface area contributed by atoms with Crippen LogP contribution >= 0.6 is 0 Å². The lowest BCUT2D eigenvalue weighted by Crippen LogP contribution is -2.56. The van der Waals surface area contributed by atoms with Crippen molar-refractivity contribution >= 4 is 0 Å². The van der Waals surface area contributed by atoms with Gasteiger partial charge >= 0.3 is 0 Å². The molecule has 3 N–H and O–H groups in total. The SMILES string of the molecule is NCC1(C2(O)CCC(c3ccccc3)CC2)CCOCC1. The molecule has 0 atom stereocenters. The molecule has 0 bridgehead atoms. The Balaban J connectivity index is 1.71. The predicted molar refractivity (Wildman–Crippen MR) is 84.1 cm³/mol. The molecule has 1 saturated heterocycles. The Morgan fingerprint density at radius 2 is 1.67 bits per heavy atom. The van der Waals surface area contributed by atoms with Crippen molar-refractivity contribution in [2.24, 2.45) is 11.1 Å². The van der Waals surface area contributed by atoms with Crippen LogP contribution in [0.1, 0.15) is 50.0 Å². The molecule has 1 saturated carbocycles. The highest BCUT2D eigenvalue weighted by atomic mass is 16.5. The van der Waals surface area contributed by atoms with Crippen LogP contribution in [0.4, 0.5) is 0 Å². The fraction of sp³-hybridized carbons (Fsp3) is 0.667. The first kappa shape index (κ1) is 15.0. The quantitative estimate of drug-likeness (QED) is 0.899. The summed E-state index contributed by atoms with van der Waals surface area (Å²) in [4.78, 5) is 0. The number of hydrogen-bond acceptors (Lipinski definition) is 3. The van der Waals surface area contributed by atoms with E-state index in [1.807, 2.05) is 0 Å². The molecule has 2 fully saturated rings. The van der Waals surface area contributed by atoms with E-state index < -0.39 is 5.60 Å². The van der Waals surface area contributed by atoms with Gasteiger partial charge in [0.25, 0.3) is 0 Å². The highest BCUT2D eigenvalue weighted by molar-refractivity contribution is 5.21. The second kappa shape index (κ2) is 6.07. The Bertz CT molecular complexity index is 446. The zero-order chi connectivity index (χ0) is 14.8. The van der Waals surface area contributed by atoms with Gasteiger partial charge < -0.3 is 15.6 Å². The third-order valence-electron chi connectivity index (χ3n) is 5.91. The number of rotatable bonds is 3. The Labute approximate surface area is 127 Å². The molecule has 2 aliphatic rings. The molecular weight excluding hydrogens is 262 g/mol. The van der Waals surface area contributed by atoms with E-state index in [1.54, 1.807) is 0 Å². The van der Waals surface area contributed by atoms with Gasteiger partial charge in [0.2, 0.25) is 0 Å². The van der Waals surface area contributed by atoms with Crippen LogP contribution < -0.4 is 5.73 Å². The fourth-order valence-corrected chi connectivity index (χ4v) is 4.31. The van der Waals surface area contributed by atoms with Gasteiger partial charge in [-0.1, -0.05) is 30.3 Å². The van der Waals surface area contributed by atoms with Gasteiger partial charge in [-0.05, 0) is 50.0 Å². The molecule has 0 unspecified atom stereocenters. The standard InChI is InChI=1S/C18H27NO2/c19-14-17(10-12-21-13-11-17)18(20)8-6-16(7-9-18)15-4-2-1-3-5-15/h1-5,16,20H,6-14,19H2. The molecule has 3 nitrogen and oxygen atoms in total. The number of hydrogen-bond donors (Lipinski definition) is 2. The van der Waals surface area contributed by atoms with Crippen LogP contribution in [0, 0.1) is 5.41 Å². The van der Waals surface area contributed by atoms with Gasteiger partial charge in [-0.2, -0.15) is 0 Å². The lowest BCUT2D eigenvalue weighted by molar-refractivity contribution is -0.147. The molecule has 1 heterocycles. The maximum atomic E-state index is 11.3. The van der Waals surface area contributed by atoms with Crippen molar-refractivity contribution in [2.45, 2.75) is 50.0 Å². The largest absolute Gasteiger partial charge is 0.389 e. The zero-order valence-electron chi connectivity index (χ0n) is 12.8. The molecule has 3 rings (SSSR count). The molecule has 116 valence electrons. The summed E-state index contributed by atoms with van der Waals surface area (Å²) in [7, 11) is 0. The minimum atomic E-state index is -0.600. The van der Waals surface area contributed by atoms with Crippen molar-refractivity contribution < 1.29 is 9.84 Å².